The lowest BCUT2D eigenvalue weighted by Gasteiger charge is -2.47. The Labute approximate surface area is 288 Å². The Morgan fingerprint density at radius 3 is 2.38 bits per heavy atom. The van der Waals surface area contributed by atoms with Crippen LogP contribution in [0.5, 0.6) is 0 Å². The van der Waals surface area contributed by atoms with E-state index in [2.05, 4.69) is 31.4 Å². The summed E-state index contributed by atoms with van der Waals surface area (Å²) in [6.45, 7) is 8.13. The molecular formula is C39H63N3O6. The van der Waals surface area contributed by atoms with Gasteiger partial charge in [-0.25, -0.2) is 4.79 Å². The van der Waals surface area contributed by atoms with E-state index in [9.17, 15) is 19.5 Å². The van der Waals surface area contributed by atoms with Gasteiger partial charge in [0.2, 0.25) is 0 Å². The van der Waals surface area contributed by atoms with Crippen molar-refractivity contribution in [2.75, 3.05) is 26.3 Å². The molecule has 6 aliphatic rings. The fraction of sp³-hybridized carbons (Fsp3) is 0.872. The predicted molar refractivity (Wildman–Crippen MR) is 185 cm³/mol. The molecule has 6 rings (SSSR count). The van der Waals surface area contributed by atoms with Gasteiger partial charge < -0.3 is 30.9 Å². The summed E-state index contributed by atoms with van der Waals surface area (Å²) < 4.78 is 12.4. The number of epoxide rings is 1. The Morgan fingerprint density at radius 1 is 0.979 bits per heavy atom. The number of aliphatic hydroxyl groups excluding tert-OH is 1. The van der Waals surface area contributed by atoms with Crippen molar-refractivity contribution >= 4 is 17.5 Å². The van der Waals surface area contributed by atoms with Gasteiger partial charge in [-0.15, -0.1) is 0 Å². The first kappa shape index (κ1) is 36.2. The minimum atomic E-state index is -1.90. The number of nitrogens with two attached hydrogens (primary N) is 1. The minimum Gasteiger partial charge on any atom is -0.463 e. The molecule has 5 N–H and O–H groups in total. The zero-order valence-corrected chi connectivity index (χ0v) is 30.0. The lowest BCUT2D eigenvalue weighted by atomic mass is 9.59. The van der Waals surface area contributed by atoms with Crippen LogP contribution in [0.4, 0.5) is 0 Å². The third-order valence-corrected chi connectivity index (χ3v) is 13.9. The van der Waals surface area contributed by atoms with E-state index in [-0.39, 0.29) is 54.7 Å². The van der Waals surface area contributed by atoms with Gasteiger partial charge in [-0.2, -0.15) is 0 Å². The molecule has 0 aromatic rings. The van der Waals surface area contributed by atoms with E-state index in [0.29, 0.717) is 24.7 Å². The van der Waals surface area contributed by atoms with Crippen LogP contribution in [0.15, 0.2) is 11.1 Å². The quantitative estimate of drug-likeness (QED) is 0.0963. The van der Waals surface area contributed by atoms with Crippen molar-refractivity contribution in [2.45, 2.75) is 153 Å². The number of hydrogen-bond donors (Lipinski definition) is 4. The molecule has 2 saturated heterocycles. The van der Waals surface area contributed by atoms with Crippen molar-refractivity contribution in [1.29, 1.82) is 0 Å². The van der Waals surface area contributed by atoms with Gasteiger partial charge in [-0.1, -0.05) is 57.9 Å². The maximum Gasteiger partial charge on any atom is 0.350 e. The molecule has 0 aromatic heterocycles. The number of aliphatic hydroxyl groups is 1. The minimum absolute atomic E-state index is 0.00153. The van der Waals surface area contributed by atoms with Gasteiger partial charge in [-0.3, -0.25) is 9.59 Å². The molecular weight excluding hydrogens is 606 g/mol. The highest BCUT2D eigenvalue weighted by Crippen LogP contribution is 2.62. The van der Waals surface area contributed by atoms with Crippen LogP contribution in [-0.4, -0.2) is 72.4 Å². The van der Waals surface area contributed by atoms with Crippen LogP contribution in [0, 0.1) is 35.0 Å². The van der Waals surface area contributed by atoms with Crippen molar-refractivity contribution in [3.63, 3.8) is 0 Å². The van der Waals surface area contributed by atoms with Gasteiger partial charge in [0, 0.05) is 30.2 Å². The third kappa shape index (κ3) is 6.49. The summed E-state index contributed by atoms with van der Waals surface area (Å²) in [6, 6.07) is 0.257. The molecule has 9 unspecified atom stereocenters. The molecule has 0 radical (unpaired) electrons. The summed E-state index contributed by atoms with van der Waals surface area (Å²) in [5.74, 6) is -0.788. The second-order valence-corrected chi connectivity index (χ2v) is 16.5. The van der Waals surface area contributed by atoms with E-state index < -0.39 is 29.0 Å². The lowest BCUT2D eigenvalue weighted by Crippen LogP contribution is -2.58. The number of carbonyl (C=O) groups is 3. The Balaban J connectivity index is 1.27. The van der Waals surface area contributed by atoms with Crippen molar-refractivity contribution in [3.05, 3.63) is 11.1 Å². The van der Waals surface area contributed by atoms with Crippen molar-refractivity contribution < 1.29 is 29.0 Å². The highest BCUT2D eigenvalue weighted by atomic mass is 16.7. The molecule has 0 amide bonds. The van der Waals surface area contributed by atoms with Crippen LogP contribution in [-0.2, 0) is 23.9 Å². The zero-order valence-electron chi connectivity index (χ0n) is 30.0. The van der Waals surface area contributed by atoms with Gasteiger partial charge >= 0.3 is 5.97 Å². The highest BCUT2D eigenvalue weighted by molar-refractivity contribution is 6.23. The Morgan fingerprint density at radius 2 is 1.71 bits per heavy atom. The molecule has 270 valence electrons. The van der Waals surface area contributed by atoms with Crippen molar-refractivity contribution in [2.24, 2.45) is 40.7 Å². The lowest BCUT2D eigenvalue weighted by molar-refractivity contribution is -0.160. The summed E-state index contributed by atoms with van der Waals surface area (Å²) in [7, 11) is 0. The predicted octanol–water partition coefficient (Wildman–Crippen LogP) is 5.12. The molecule has 0 bridgehead atoms. The number of carbonyl (C=O) groups excluding carboxylic acids is 3. The van der Waals surface area contributed by atoms with Gasteiger partial charge in [-0.05, 0) is 107 Å². The summed E-state index contributed by atoms with van der Waals surface area (Å²) in [5, 5.41) is 17.9. The largest absolute Gasteiger partial charge is 0.463 e. The van der Waals surface area contributed by atoms with E-state index in [4.69, 9.17) is 15.2 Å². The maximum absolute atomic E-state index is 14.5. The zero-order chi connectivity index (χ0) is 34.1. The number of esters is 1. The second kappa shape index (κ2) is 14.9. The number of allylic oxidation sites excluding steroid dienone is 1. The fourth-order valence-electron chi connectivity index (χ4n) is 11.1. The Bertz CT molecular complexity index is 1230. The van der Waals surface area contributed by atoms with E-state index in [1.54, 1.807) is 0 Å². The van der Waals surface area contributed by atoms with Crippen LogP contribution in [0.1, 0.15) is 130 Å². The van der Waals surface area contributed by atoms with Crippen LogP contribution in [0.2, 0.25) is 0 Å². The highest BCUT2D eigenvalue weighted by Gasteiger charge is 2.87. The van der Waals surface area contributed by atoms with E-state index in [1.807, 2.05) is 0 Å². The normalized spacial score (nSPS) is 40.0. The molecule has 2 aliphatic heterocycles. The topological polar surface area (TPSA) is 143 Å². The number of fused-ring (bicyclic) bond motifs is 2. The van der Waals surface area contributed by atoms with E-state index >= 15 is 0 Å². The Hall–Kier alpha value is -1.65. The number of ether oxygens (including phenoxy) is 2. The molecule has 4 aliphatic carbocycles. The monoisotopic (exact) mass is 669 g/mol. The third-order valence-electron chi connectivity index (χ3n) is 13.9. The van der Waals surface area contributed by atoms with E-state index in [1.165, 1.54) is 19.3 Å². The Kier molecular flexibility index (Phi) is 11.2. The number of nitrogens with one attached hydrogen (secondary N) is 2. The van der Waals surface area contributed by atoms with Crippen molar-refractivity contribution in [1.82, 2.24) is 10.6 Å². The molecule has 4 saturated carbocycles. The number of hydrogen-bond acceptors (Lipinski definition) is 9. The average Bonchev–Trinajstić information content (AvgIpc) is 3.81. The molecule has 9 heteroatoms. The molecule has 0 aromatic carbocycles. The SMILES string of the molecule is CCNC1CCC(CC)CC1COC(=O)C12OC1(CC(CO)=C(C)CC1(C3CCNC(N)C3)CCCCC1)C(=O)C1CCCCC1C2=O. The first-order valence-corrected chi connectivity index (χ1v) is 19.6. The summed E-state index contributed by atoms with van der Waals surface area (Å²) in [6.07, 6.45) is 16.1. The van der Waals surface area contributed by atoms with Crippen LogP contribution < -0.4 is 16.4 Å². The smallest absolute Gasteiger partial charge is 0.350 e. The number of Topliss-reactive ketones (excluding diaryl/α,β-unsaturated/α-hetero) is 2. The molecule has 6 fully saturated rings. The number of piperidine rings is 1. The molecule has 9 nitrogen and oxygen atoms in total. The number of rotatable bonds is 12. The fourth-order valence-corrected chi connectivity index (χ4v) is 11.1. The van der Waals surface area contributed by atoms with Crippen LogP contribution in [0.3, 0.4) is 0 Å². The average molecular weight is 670 g/mol. The maximum atomic E-state index is 14.5. The standard InChI is InChI=1S/C39H63N3O6/c1-4-26-13-14-32(41-5-2)27(19-26)24-47-36(46)39-35(45)31-12-8-7-11-30(31)34(44)38(39,48-39)22-28(23-43)25(3)21-37(16-9-6-10-17-37)29-15-18-42-33(40)20-29/h26-27,29-33,41-43H,4-24,40H2,1-3H3. The first-order chi connectivity index (χ1) is 23.1. The molecule has 48 heavy (non-hydrogen) atoms. The van der Waals surface area contributed by atoms with Gasteiger partial charge in [0.1, 0.15) is 0 Å². The van der Waals surface area contributed by atoms with Gasteiger partial charge in [0.05, 0.1) is 19.4 Å². The molecule has 0 spiro atoms. The first-order valence-electron chi connectivity index (χ1n) is 19.6. The molecule has 9 atom stereocenters. The summed E-state index contributed by atoms with van der Waals surface area (Å²) in [4.78, 5) is 43.1. The van der Waals surface area contributed by atoms with E-state index in [0.717, 1.165) is 94.9 Å². The molecule has 2 heterocycles. The second-order valence-electron chi connectivity index (χ2n) is 16.5. The van der Waals surface area contributed by atoms with Gasteiger partial charge in [0.15, 0.2) is 17.2 Å². The van der Waals surface area contributed by atoms with Crippen molar-refractivity contribution in [3.8, 4) is 0 Å². The summed E-state index contributed by atoms with van der Waals surface area (Å²) >= 11 is 0. The number of ketones is 2. The van der Waals surface area contributed by atoms with Crippen LogP contribution >= 0.6 is 0 Å². The van der Waals surface area contributed by atoms with Crippen LogP contribution in [0.25, 0.3) is 0 Å². The summed E-state index contributed by atoms with van der Waals surface area (Å²) in [5.41, 5.74) is 4.79. The van der Waals surface area contributed by atoms with Gasteiger partial charge in [0.25, 0.3) is 5.60 Å².